The van der Waals surface area contributed by atoms with Crippen molar-refractivity contribution in [2.75, 3.05) is 37.9 Å². The smallest absolute Gasteiger partial charge is 0.258 e. The van der Waals surface area contributed by atoms with E-state index >= 15 is 0 Å². The van der Waals surface area contributed by atoms with E-state index in [4.69, 9.17) is 15.2 Å². The van der Waals surface area contributed by atoms with Gasteiger partial charge in [0.2, 0.25) is 5.91 Å². The highest BCUT2D eigenvalue weighted by Crippen LogP contribution is 2.40. The van der Waals surface area contributed by atoms with Crippen LogP contribution in [0, 0.1) is 18.6 Å². The number of nitrogen functional groups attached to an aromatic ring is 1. The molecular formula is C29H31F2N5O4. The van der Waals surface area contributed by atoms with E-state index in [1.54, 1.807) is 26.0 Å². The van der Waals surface area contributed by atoms with E-state index in [9.17, 15) is 18.4 Å². The Hall–Kier alpha value is -4.38. The van der Waals surface area contributed by atoms with E-state index < -0.39 is 17.5 Å². The van der Waals surface area contributed by atoms with Gasteiger partial charge in [-0.15, -0.1) is 0 Å². The molecule has 3 aromatic rings. The van der Waals surface area contributed by atoms with Gasteiger partial charge < -0.3 is 25.8 Å². The number of hydrogen-bond donors (Lipinski definition) is 3. The van der Waals surface area contributed by atoms with Crippen LogP contribution in [0.2, 0.25) is 0 Å². The second-order valence-electron chi connectivity index (χ2n) is 9.48. The summed E-state index contributed by atoms with van der Waals surface area (Å²) in [6.45, 7) is 3.82. The minimum atomic E-state index is -0.705. The summed E-state index contributed by atoms with van der Waals surface area (Å²) in [5, 5.41) is 5.33. The Balaban J connectivity index is 1.52. The molecule has 1 heterocycles. The molecule has 1 saturated carbocycles. The molecule has 0 atom stereocenters. The lowest BCUT2D eigenvalue weighted by atomic mass is 10.0. The Labute approximate surface area is 230 Å². The number of ether oxygens (including phenoxy) is 2. The number of halogens is 2. The number of methoxy groups -OCH3 is 1. The van der Waals surface area contributed by atoms with Gasteiger partial charge in [-0.2, -0.15) is 0 Å². The van der Waals surface area contributed by atoms with Crippen molar-refractivity contribution in [2.45, 2.75) is 32.6 Å². The summed E-state index contributed by atoms with van der Waals surface area (Å²) >= 11 is 0. The molecule has 210 valence electrons. The lowest BCUT2D eigenvalue weighted by Crippen LogP contribution is -2.29. The van der Waals surface area contributed by atoms with Gasteiger partial charge in [-0.05, 0) is 68.0 Å². The molecule has 0 radical (unpaired) electrons. The zero-order valence-electron chi connectivity index (χ0n) is 22.5. The minimum Gasteiger partial charge on any atom is -0.486 e. The van der Waals surface area contributed by atoms with Crippen molar-refractivity contribution in [3.8, 4) is 17.0 Å². The predicted octanol–water partition coefficient (Wildman–Crippen LogP) is 4.53. The quantitative estimate of drug-likeness (QED) is 0.236. The van der Waals surface area contributed by atoms with Gasteiger partial charge in [0.05, 0.1) is 18.7 Å². The lowest BCUT2D eigenvalue weighted by molar-refractivity contribution is -0.117. The number of anilines is 2. The van der Waals surface area contributed by atoms with Crippen LogP contribution < -0.4 is 21.1 Å². The van der Waals surface area contributed by atoms with Crippen LogP contribution >= 0.6 is 0 Å². The summed E-state index contributed by atoms with van der Waals surface area (Å²) in [5.41, 5.74) is 8.36. The molecule has 0 spiro atoms. The summed E-state index contributed by atoms with van der Waals surface area (Å²) in [6, 6.07) is 6.94. The first-order valence-corrected chi connectivity index (χ1v) is 12.8. The van der Waals surface area contributed by atoms with Crippen molar-refractivity contribution in [1.82, 2.24) is 15.3 Å². The van der Waals surface area contributed by atoms with Crippen molar-refractivity contribution < 1.29 is 27.8 Å². The van der Waals surface area contributed by atoms with E-state index in [0.29, 0.717) is 29.2 Å². The third kappa shape index (κ3) is 6.78. The molecule has 1 aromatic heterocycles. The largest absolute Gasteiger partial charge is 0.486 e. The number of aromatic nitrogens is 2. The molecule has 40 heavy (non-hydrogen) atoms. The molecule has 2 aromatic carbocycles. The van der Waals surface area contributed by atoms with Crippen LogP contribution in [-0.4, -0.2) is 48.7 Å². The van der Waals surface area contributed by atoms with Crippen LogP contribution in [0.15, 0.2) is 48.3 Å². The number of benzene rings is 2. The average Bonchev–Trinajstić information content (AvgIpc) is 3.77. The SMILES string of the molecule is COC/C=C(\C)C(=O)NCCOc1c(N)ncnc1-c1cc(F)cc(NC(=O)c2ccc(C3CC3)cc2F)c1C. The van der Waals surface area contributed by atoms with Crippen molar-refractivity contribution in [2.24, 2.45) is 0 Å². The van der Waals surface area contributed by atoms with Crippen LogP contribution in [0.1, 0.15) is 47.2 Å². The van der Waals surface area contributed by atoms with Crippen LogP contribution in [0.5, 0.6) is 5.75 Å². The molecule has 0 bridgehead atoms. The third-order valence-electron chi connectivity index (χ3n) is 6.54. The molecular weight excluding hydrogens is 520 g/mol. The molecule has 0 aliphatic heterocycles. The van der Waals surface area contributed by atoms with Crippen molar-refractivity contribution >= 4 is 23.3 Å². The summed E-state index contributed by atoms with van der Waals surface area (Å²) < 4.78 is 40.2. The van der Waals surface area contributed by atoms with Gasteiger partial charge in [-0.3, -0.25) is 9.59 Å². The van der Waals surface area contributed by atoms with Crippen molar-refractivity contribution in [3.05, 3.63) is 76.6 Å². The van der Waals surface area contributed by atoms with E-state index in [1.807, 2.05) is 0 Å². The number of carbonyl (C=O) groups excluding carboxylic acids is 2. The van der Waals surface area contributed by atoms with E-state index in [1.165, 1.54) is 31.6 Å². The first-order chi connectivity index (χ1) is 19.2. The zero-order chi connectivity index (χ0) is 28.8. The minimum absolute atomic E-state index is 0.0135. The van der Waals surface area contributed by atoms with Gasteiger partial charge in [-0.1, -0.05) is 12.1 Å². The number of nitrogens with one attached hydrogen (secondary N) is 2. The Morgan fingerprint density at radius 1 is 1.18 bits per heavy atom. The van der Waals surface area contributed by atoms with Crippen LogP contribution in [0.3, 0.4) is 0 Å². The predicted molar refractivity (Wildman–Crippen MR) is 147 cm³/mol. The van der Waals surface area contributed by atoms with Gasteiger partial charge >= 0.3 is 0 Å². The van der Waals surface area contributed by atoms with Crippen molar-refractivity contribution in [1.29, 1.82) is 0 Å². The summed E-state index contributed by atoms with van der Waals surface area (Å²) in [4.78, 5) is 33.3. The molecule has 0 unspecified atom stereocenters. The second kappa shape index (κ2) is 12.6. The first-order valence-electron chi connectivity index (χ1n) is 12.8. The fourth-order valence-corrected chi connectivity index (χ4v) is 4.11. The van der Waals surface area contributed by atoms with E-state index in [2.05, 4.69) is 20.6 Å². The second-order valence-corrected chi connectivity index (χ2v) is 9.48. The molecule has 11 heteroatoms. The Bertz CT molecular complexity index is 1460. The number of hydrogen-bond acceptors (Lipinski definition) is 7. The molecule has 4 N–H and O–H groups in total. The summed E-state index contributed by atoms with van der Waals surface area (Å²) in [6.07, 6.45) is 4.88. The Kier molecular flexibility index (Phi) is 9.05. The van der Waals surface area contributed by atoms with E-state index in [0.717, 1.165) is 24.5 Å². The highest BCUT2D eigenvalue weighted by molar-refractivity contribution is 6.05. The average molecular weight is 552 g/mol. The standard InChI is InChI=1S/C29H31F2N5O4/c1-16(8-10-39-3)28(37)33-9-11-40-26-25(34-15-35-27(26)32)22-13-20(30)14-24(17(22)2)36-29(38)21-7-6-19(12-23(21)31)18-4-5-18/h6-8,12-15,18H,4-5,9-11H2,1-3H3,(H,33,37)(H,36,38)(H2,32,34,35)/b16-8+. The number of amides is 2. The maximum atomic E-state index is 14.8. The molecule has 0 saturated heterocycles. The van der Waals surface area contributed by atoms with Gasteiger partial charge in [0.25, 0.3) is 5.91 Å². The molecule has 1 aliphatic rings. The summed E-state index contributed by atoms with van der Waals surface area (Å²) in [7, 11) is 1.53. The normalized spacial score (nSPS) is 13.2. The monoisotopic (exact) mass is 551 g/mol. The highest BCUT2D eigenvalue weighted by atomic mass is 19.1. The molecule has 4 rings (SSSR count). The van der Waals surface area contributed by atoms with Crippen LogP contribution in [-0.2, 0) is 9.53 Å². The van der Waals surface area contributed by atoms with Crippen LogP contribution in [0.4, 0.5) is 20.3 Å². The number of rotatable bonds is 11. The van der Waals surface area contributed by atoms with Crippen LogP contribution in [0.25, 0.3) is 11.3 Å². The molecule has 1 fully saturated rings. The first kappa shape index (κ1) is 28.6. The molecule has 1 aliphatic carbocycles. The fraction of sp³-hybridized carbons (Fsp3) is 0.310. The lowest BCUT2D eigenvalue weighted by Gasteiger charge is -2.17. The van der Waals surface area contributed by atoms with Gasteiger partial charge in [0.15, 0.2) is 11.6 Å². The third-order valence-corrected chi connectivity index (χ3v) is 6.54. The zero-order valence-corrected chi connectivity index (χ0v) is 22.5. The Morgan fingerprint density at radius 2 is 1.95 bits per heavy atom. The molecule has 9 nitrogen and oxygen atoms in total. The molecule has 2 amide bonds. The fourth-order valence-electron chi connectivity index (χ4n) is 4.11. The van der Waals surface area contributed by atoms with Crippen molar-refractivity contribution in [3.63, 3.8) is 0 Å². The maximum absolute atomic E-state index is 14.8. The topological polar surface area (TPSA) is 128 Å². The highest BCUT2D eigenvalue weighted by Gasteiger charge is 2.25. The van der Waals surface area contributed by atoms with E-state index in [-0.39, 0.29) is 47.6 Å². The van der Waals surface area contributed by atoms with Gasteiger partial charge in [0.1, 0.15) is 30.3 Å². The number of carbonyl (C=O) groups is 2. The summed E-state index contributed by atoms with van der Waals surface area (Å²) in [5.74, 6) is -1.83. The maximum Gasteiger partial charge on any atom is 0.258 e. The number of nitrogens with zero attached hydrogens (tertiary/aromatic N) is 2. The Morgan fingerprint density at radius 3 is 2.65 bits per heavy atom. The van der Waals surface area contributed by atoms with Gasteiger partial charge in [-0.25, -0.2) is 18.7 Å². The van der Waals surface area contributed by atoms with Gasteiger partial charge in [0, 0.05) is 23.9 Å². The number of nitrogens with two attached hydrogens (primary N) is 1.